The first-order valence-electron chi connectivity index (χ1n) is 5.72. The topological polar surface area (TPSA) is 26.3 Å². The quantitative estimate of drug-likeness (QED) is 0.562. The zero-order valence-corrected chi connectivity index (χ0v) is 10.4. The van der Waals surface area contributed by atoms with Gasteiger partial charge in [0.15, 0.2) is 0 Å². The minimum atomic E-state index is -0.188. The Morgan fingerprint density at radius 2 is 1.94 bits per heavy atom. The standard InChI is InChI=1S/C8H8.C7H12O2/c1-2-8-6-4-3-5-7-8;1-3-5-6-7(8)9-4-2/h2-7H,1H2;4H,2-3,5-6H2,1H3. The second-order valence-electron chi connectivity index (χ2n) is 3.37. The molecule has 0 heterocycles. The molecule has 0 aromatic heterocycles. The molecule has 92 valence electrons. The van der Waals surface area contributed by atoms with Crippen LogP contribution in [0.15, 0.2) is 49.8 Å². The predicted octanol–water partition coefficient (Wildman–Crippen LogP) is 4.19. The number of hydrogen-bond donors (Lipinski definition) is 0. The van der Waals surface area contributed by atoms with Gasteiger partial charge < -0.3 is 4.74 Å². The highest BCUT2D eigenvalue weighted by atomic mass is 16.5. The van der Waals surface area contributed by atoms with E-state index in [0.29, 0.717) is 6.42 Å². The van der Waals surface area contributed by atoms with Gasteiger partial charge in [0, 0.05) is 6.42 Å². The average molecular weight is 232 g/mol. The van der Waals surface area contributed by atoms with Gasteiger partial charge in [0.2, 0.25) is 0 Å². The number of unbranched alkanes of at least 4 members (excludes halogenated alkanes) is 1. The van der Waals surface area contributed by atoms with E-state index in [0.717, 1.165) is 19.1 Å². The van der Waals surface area contributed by atoms with Crippen molar-refractivity contribution in [3.63, 3.8) is 0 Å². The highest BCUT2D eigenvalue weighted by molar-refractivity contribution is 5.69. The molecule has 0 atom stereocenters. The van der Waals surface area contributed by atoms with E-state index in [4.69, 9.17) is 0 Å². The Morgan fingerprint density at radius 1 is 1.29 bits per heavy atom. The van der Waals surface area contributed by atoms with Gasteiger partial charge in [-0.1, -0.05) is 62.9 Å². The fourth-order valence-electron chi connectivity index (χ4n) is 1.06. The van der Waals surface area contributed by atoms with Crippen LogP contribution >= 0.6 is 0 Å². The van der Waals surface area contributed by atoms with E-state index >= 15 is 0 Å². The van der Waals surface area contributed by atoms with Crippen LogP contribution in [0, 0.1) is 0 Å². The maximum Gasteiger partial charge on any atom is 0.310 e. The van der Waals surface area contributed by atoms with Crippen molar-refractivity contribution in [3.8, 4) is 0 Å². The Labute approximate surface area is 104 Å². The largest absolute Gasteiger partial charge is 0.435 e. The molecule has 0 aliphatic heterocycles. The Hall–Kier alpha value is -1.83. The van der Waals surface area contributed by atoms with Crippen molar-refractivity contribution < 1.29 is 9.53 Å². The number of hydrogen-bond acceptors (Lipinski definition) is 2. The minimum Gasteiger partial charge on any atom is -0.435 e. The van der Waals surface area contributed by atoms with E-state index in [9.17, 15) is 4.79 Å². The summed E-state index contributed by atoms with van der Waals surface area (Å²) in [7, 11) is 0. The molecule has 1 aromatic carbocycles. The van der Waals surface area contributed by atoms with E-state index < -0.39 is 0 Å². The Kier molecular flexibility index (Phi) is 9.53. The van der Waals surface area contributed by atoms with Gasteiger partial charge >= 0.3 is 5.97 Å². The monoisotopic (exact) mass is 232 g/mol. The minimum absolute atomic E-state index is 0.188. The van der Waals surface area contributed by atoms with Crippen LogP contribution in [0.5, 0.6) is 0 Å². The highest BCUT2D eigenvalue weighted by Crippen LogP contribution is 1.97. The van der Waals surface area contributed by atoms with Gasteiger partial charge in [-0.15, -0.1) is 0 Å². The molecule has 0 N–H and O–H groups in total. The zero-order valence-electron chi connectivity index (χ0n) is 10.4. The summed E-state index contributed by atoms with van der Waals surface area (Å²) in [5.74, 6) is -0.188. The van der Waals surface area contributed by atoms with Gasteiger partial charge in [0.1, 0.15) is 0 Å². The van der Waals surface area contributed by atoms with Crippen LogP contribution in [0.25, 0.3) is 6.08 Å². The van der Waals surface area contributed by atoms with Crippen molar-refractivity contribution in [2.45, 2.75) is 26.2 Å². The average Bonchev–Trinajstić information content (AvgIpc) is 2.38. The van der Waals surface area contributed by atoms with Crippen LogP contribution < -0.4 is 0 Å². The lowest BCUT2D eigenvalue weighted by Crippen LogP contribution is -1.97. The van der Waals surface area contributed by atoms with Crippen molar-refractivity contribution in [2.75, 3.05) is 0 Å². The molecule has 0 saturated heterocycles. The maximum absolute atomic E-state index is 10.5. The maximum atomic E-state index is 10.5. The molecule has 1 rings (SSSR count). The second kappa shape index (κ2) is 10.7. The van der Waals surface area contributed by atoms with Gasteiger partial charge in [0.05, 0.1) is 6.26 Å². The van der Waals surface area contributed by atoms with Crippen LogP contribution in [0.4, 0.5) is 0 Å². The molecular formula is C15H20O2. The SMILES string of the molecule is C=COC(=O)CCCC.C=Cc1ccccc1. The summed E-state index contributed by atoms with van der Waals surface area (Å²) in [4.78, 5) is 10.5. The van der Waals surface area contributed by atoms with Crippen molar-refractivity contribution in [2.24, 2.45) is 0 Å². The number of ether oxygens (including phenoxy) is 1. The van der Waals surface area contributed by atoms with E-state index in [-0.39, 0.29) is 5.97 Å². The number of esters is 1. The number of rotatable bonds is 5. The first kappa shape index (κ1) is 15.2. The van der Waals surface area contributed by atoms with Crippen LogP contribution in [0.1, 0.15) is 31.7 Å². The van der Waals surface area contributed by atoms with Crippen LogP contribution in [-0.4, -0.2) is 5.97 Å². The number of benzene rings is 1. The summed E-state index contributed by atoms with van der Waals surface area (Å²) in [5, 5.41) is 0. The molecular weight excluding hydrogens is 212 g/mol. The van der Waals surface area contributed by atoms with Crippen LogP contribution in [0.2, 0.25) is 0 Å². The molecule has 0 aliphatic rings. The lowest BCUT2D eigenvalue weighted by Gasteiger charge is -1.94. The summed E-state index contributed by atoms with van der Waals surface area (Å²) >= 11 is 0. The van der Waals surface area contributed by atoms with Crippen molar-refractivity contribution >= 4 is 12.0 Å². The van der Waals surface area contributed by atoms with E-state index in [1.54, 1.807) is 0 Å². The molecule has 0 unspecified atom stereocenters. The summed E-state index contributed by atoms with van der Waals surface area (Å²) in [6, 6.07) is 10.0. The molecule has 0 fully saturated rings. The van der Waals surface area contributed by atoms with Gasteiger partial charge in [0.25, 0.3) is 0 Å². The summed E-state index contributed by atoms with van der Waals surface area (Å²) in [6.45, 7) is 8.93. The van der Waals surface area contributed by atoms with Gasteiger partial charge in [-0.2, -0.15) is 0 Å². The van der Waals surface area contributed by atoms with E-state index in [2.05, 4.69) is 17.9 Å². The predicted molar refractivity (Wildman–Crippen MR) is 72.3 cm³/mol. The first-order valence-corrected chi connectivity index (χ1v) is 5.72. The molecule has 0 spiro atoms. The first-order chi connectivity index (χ1) is 8.24. The Bertz CT molecular complexity index is 328. The molecule has 2 nitrogen and oxygen atoms in total. The molecule has 1 aromatic rings. The fraction of sp³-hybridized carbons (Fsp3) is 0.267. The molecule has 0 radical (unpaired) electrons. The Morgan fingerprint density at radius 3 is 2.35 bits per heavy atom. The summed E-state index contributed by atoms with van der Waals surface area (Å²) in [5.41, 5.74) is 1.17. The fourth-order valence-corrected chi connectivity index (χ4v) is 1.06. The molecule has 0 amide bonds. The lowest BCUT2D eigenvalue weighted by atomic mass is 10.2. The van der Waals surface area contributed by atoms with Crippen molar-refractivity contribution in [3.05, 3.63) is 55.3 Å². The lowest BCUT2D eigenvalue weighted by molar-refractivity contribution is -0.138. The van der Waals surface area contributed by atoms with Crippen LogP contribution in [-0.2, 0) is 9.53 Å². The smallest absolute Gasteiger partial charge is 0.310 e. The van der Waals surface area contributed by atoms with Crippen LogP contribution in [0.3, 0.4) is 0 Å². The van der Waals surface area contributed by atoms with Crippen molar-refractivity contribution in [1.82, 2.24) is 0 Å². The van der Waals surface area contributed by atoms with Gasteiger partial charge in [-0.3, -0.25) is 4.79 Å². The van der Waals surface area contributed by atoms with Gasteiger partial charge in [-0.25, -0.2) is 0 Å². The van der Waals surface area contributed by atoms with Crippen molar-refractivity contribution in [1.29, 1.82) is 0 Å². The molecule has 0 saturated carbocycles. The molecule has 2 heteroatoms. The van der Waals surface area contributed by atoms with E-state index in [1.165, 1.54) is 5.56 Å². The third kappa shape index (κ3) is 9.12. The number of carbonyl (C=O) groups excluding carboxylic acids is 1. The molecule has 0 bridgehead atoms. The molecule has 0 aliphatic carbocycles. The van der Waals surface area contributed by atoms with E-state index in [1.807, 2.05) is 43.3 Å². The third-order valence-corrected chi connectivity index (χ3v) is 1.98. The Balaban J connectivity index is 0.000000302. The summed E-state index contributed by atoms with van der Waals surface area (Å²) in [6.07, 6.45) is 5.42. The van der Waals surface area contributed by atoms with Gasteiger partial charge in [-0.05, 0) is 12.0 Å². The normalized spacial score (nSPS) is 8.53. The second-order valence-corrected chi connectivity index (χ2v) is 3.37. The highest BCUT2D eigenvalue weighted by Gasteiger charge is 1.96. The third-order valence-electron chi connectivity index (χ3n) is 1.98. The molecule has 17 heavy (non-hydrogen) atoms. The summed E-state index contributed by atoms with van der Waals surface area (Å²) < 4.78 is 4.47. The zero-order chi connectivity index (χ0) is 12.9. The number of carbonyl (C=O) groups is 1.